The minimum atomic E-state index is -3.79. The Labute approximate surface area is 127 Å². The number of sulfonamides is 1. The maximum absolute atomic E-state index is 13.0. The van der Waals surface area contributed by atoms with E-state index < -0.39 is 15.8 Å². The maximum atomic E-state index is 13.0. The Bertz CT molecular complexity index is 779. The lowest BCUT2D eigenvalue weighted by atomic mass is 10.2. The van der Waals surface area contributed by atoms with Crippen molar-refractivity contribution in [3.05, 3.63) is 58.4 Å². The number of anilines is 1. The highest BCUT2D eigenvalue weighted by atomic mass is 35.5. The van der Waals surface area contributed by atoms with Crippen LogP contribution in [0.5, 0.6) is 0 Å². The smallest absolute Gasteiger partial charge is 0.261 e. The monoisotopic (exact) mass is 328 g/mol. The number of halogens is 2. The van der Waals surface area contributed by atoms with Gasteiger partial charge in [-0.05, 0) is 48.4 Å². The number of nitrogens with two attached hydrogens (primary N) is 1. The molecule has 2 aromatic carbocycles. The highest BCUT2D eigenvalue weighted by molar-refractivity contribution is 7.92. The fourth-order valence-electron chi connectivity index (χ4n) is 1.81. The largest absolute Gasteiger partial charge is 0.326 e. The second kappa shape index (κ2) is 6.01. The Kier molecular flexibility index (Phi) is 4.51. The van der Waals surface area contributed by atoms with Gasteiger partial charge in [0.1, 0.15) is 5.82 Å². The van der Waals surface area contributed by atoms with Crippen LogP contribution in [0.1, 0.15) is 11.1 Å². The molecule has 0 radical (unpaired) electrons. The molecule has 0 bridgehead atoms. The van der Waals surface area contributed by atoms with Gasteiger partial charge in [-0.2, -0.15) is 0 Å². The van der Waals surface area contributed by atoms with E-state index in [1.807, 2.05) is 0 Å². The molecule has 0 spiro atoms. The second-order valence-electron chi connectivity index (χ2n) is 4.52. The lowest BCUT2D eigenvalue weighted by Gasteiger charge is -2.11. The van der Waals surface area contributed by atoms with Crippen molar-refractivity contribution in [3.63, 3.8) is 0 Å². The van der Waals surface area contributed by atoms with Gasteiger partial charge in [0.05, 0.1) is 10.6 Å². The van der Waals surface area contributed by atoms with Crippen LogP contribution in [0.3, 0.4) is 0 Å². The summed E-state index contributed by atoms with van der Waals surface area (Å²) in [5.74, 6) is -0.425. The van der Waals surface area contributed by atoms with Crippen LogP contribution in [0.15, 0.2) is 41.3 Å². The normalized spacial score (nSPS) is 11.4. The number of aryl methyl sites for hydroxylation is 1. The van der Waals surface area contributed by atoms with Crippen molar-refractivity contribution in [2.75, 3.05) is 4.72 Å². The first-order valence-corrected chi connectivity index (χ1v) is 7.97. The molecule has 112 valence electrons. The van der Waals surface area contributed by atoms with Crippen LogP contribution in [0.25, 0.3) is 0 Å². The van der Waals surface area contributed by atoms with E-state index in [2.05, 4.69) is 4.72 Å². The predicted molar refractivity (Wildman–Crippen MR) is 81.3 cm³/mol. The van der Waals surface area contributed by atoms with E-state index in [0.717, 1.165) is 0 Å². The van der Waals surface area contributed by atoms with Crippen molar-refractivity contribution >= 4 is 27.3 Å². The lowest BCUT2D eigenvalue weighted by molar-refractivity contribution is 0.601. The molecule has 0 aliphatic carbocycles. The van der Waals surface area contributed by atoms with Crippen LogP contribution >= 0.6 is 11.6 Å². The van der Waals surface area contributed by atoms with E-state index in [-0.39, 0.29) is 16.5 Å². The molecule has 0 atom stereocenters. The summed E-state index contributed by atoms with van der Waals surface area (Å²) in [6.45, 7) is 1.84. The van der Waals surface area contributed by atoms with Crippen molar-refractivity contribution in [1.29, 1.82) is 0 Å². The summed E-state index contributed by atoms with van der Waals surface area (Å²) in [5.41, 5.74) is 6.95. The van der Waals surface area contributed by atoms with Crippen molar-refractivity contribution in [2.24, 2.45) is 5.73 Å². The molecule has 0 aliphatic heterocycles. The van der Waals surface area contributed by atoms with Crippen LogP contribution < -0.4 is 10.5 Å². The summed E-state index contributed by atoms with van der Waals surface area (Å²) < 4.78 is 40.0. The molecule has 0 saturated heterocycles. The molecule has 2 rings (SSSR count). The Morgan fingerprint density at radius 1 is 1.24 bits per heavy atom. The first kappa shape index (κ1) is 15.8. The van der Waals surface area contributed by atoms with E-state index in [1.54, 1.807) is 13.0 Å². The molecule has 3 N–H and O–H groups in total. The SMILES string of the molecule is Cc1cc(F)ccc1NS(=O)(=O)c1ccc(CN)c(Cl)c1. The Morgan fingerprint density at radius 2 is 1.95 bits per heavy atom. The van der Waals surface area contributed by atoms with Crippen LogP contribution in [-0.2, 0) is 16.6 Å². The lowest BCUT2D eigenvalue weighted by Crippen LogP contribution is -2.14. The van der Waals surface area contributed by atoms with Crippen molar-refractivity contribution in [1.82, 2.24) is 0 Å². The Hall–Kier alpha value is -1.63. The molecule has 0 fully saturated rings. The summed E-state index contributed by atoms with van der Waals surface area (Å²) in [4.78, 5) is 0.0217. The molecule has 0 aliphatic rings. The van der Waals surface area contributed by atoms with Gasteiger partial charge >= 0.3 is 0 Å². The number of rotatable bonds is 4. The fraction of sp³-hybridized carbons (Fsp3) is 0.143. The fourth-order valence-corrected chi connectivity index (χ4v) is 3.28. The number of nitrogens with one attached hydrogen (secondary N) is 1. The summed E-state index contributed by atoms with van der Waals surface area (Å²) >= 11 is 5.97. The molecular formula is C14H14ClFN2O2S. The van der Waals surface area contributed by atoms with E-state index >= 15 is 0 Å². The summed E-state index contributed by atoms with van der Waals surface area (Å²) in [6, 6.07) is 8.14. The molecule has 0 saturated carbocycles. The van der Waals surface area contributed by atoms with E-state index in [1.165, 1.54) is 30.3 Å². The van der Waals surface area contributed by atoms with Gasteiger partial charge < -0.3 is 5.73 Å². The van der Waals surface area contributed by atoms with E-state index in [9.17, 15) is 12.8 Å². The highest BCUT2D eigenvalue weighted by Gasteiger charge is 2.16. The van der Waals surface area contributed by atoms with Crippen molar-refractivity contribution in [2.45, 2.75) is 18.4 Å². The molecule has 7 heteroatoms. The van der Waals surface area contributed by atoms with Gasteiger partial charge in [-0.25, -0.2) is 12.8 Å². The Balaban J connectivity index is 2.36. The van der Waals surface area contributed by atoms with Crippen molar-refractivity contribution in [3.8, 4) is 0 Å². The van der Waals surface area contributed by atoms with Gasteiger partial charge in [0.15, 0.2) is 0 Å². The zero-order chi connectivity index (χ0) is 15.6. The second-order valence-corrected chi connectivity index (χ2v) is 6.61. The van der Waals surface area contributed by atoms with Gasteiger partial charge in [-0.1, -0.05) is 17.7 Å². The molecule has 0 amide bonds. The molecule has 0 unspecified atom stereocenters. The number of benzene rings is 2. The molecular weight excluding hydrogens is 315 g/mol. The summed E-state index contributed by atoms with van der Waals surface area (Å²) in [7, 11) is -3.79. The third-order valence-electron chi connectivity index (χ3n) is 2.99. The first-order valence-electron chi connectivity index (χ1n) is 6.11. The number of hydrogen-bond acceptors (Lipinski definition) is 3. The highest BCUT2D eigenvalue weighted by Crippen LogP contribution is 2.24. The minimum Gasteiger partial charge on any atom is -0.326 e. The minimum absolute atomic E-state index is 0.0217. The molecule has 2 aromatic rings. The summed E-state index contributed by atoms with van der Waals surface area (Å²) in [6.07, 6.45) is 0. The van der Waals surface area contributed by atoms with Crippen LogP contribution in [0, 0.1) is 12.7 Å². The summed E-state index contributed by atoms with van der Waals surface area (Å²) in [5, 5.41) is 0.288. The van der Waals surface area contributed by atoms with Gasteiger partial charge in [0, 0.05) is 11.6 Å². The third-order valence-corrected chi connectivity index (χ3v) is 4.70. The number of hydrogen-bond donors (Lipinski definition) is 2. The predicted octanol–water partition coefficient (Wildman–Crippen LogP) is 3.05. The van der Waals surface area contributed by atoms with Gasteiger partial charge in [0.2, 0.25) is 0 Å². The van der Waals surface area contributed by atoms with Crippen LogP contribution in [0.4, 0.5) is 10.1 Å². The first-order chi connectivity index (χ1) is 9.83. The van der Waals surface area contributed by atoms with E-state index in [0.29, 0.717) is 16.8 Å². The average Bonchev–Trinajstić information content (AvgIpc) is 2.42. The molecule has 21 heavy (non-hydrogen) atoms. The van der Waals surface area contributed by atoms with Crippen LogP contribution in [0.2, 0.25) is 5.02 Å². The zero-order valence-electron chi connectivity index (χ0n) is 11.2. The van der Waals surface area contributed by atoms with E-state index in [4.69, 9.17) is 17.3 Å². The van der Waals surface area contributed by atoms with Gasteiger partial charge in [-0.3, -0.25) is 4.72 Å². The van der Waals surface area contributed by atoms with Gasteiger partial charge in [0.25, 0.3) is 10.0 Å². The molecule has 4 nitrogen and oxygen atoms in total. The molecule has 0 heterocycles. The maximum Gasteiger partial charge on any atom is 0.261 e. The Morgan fingerprint density at radius 3 is 2.52 bits per heavy atom. The quantitative estimate of drug-likeness (QED) is 0.906. The topological polar surface area (TPSA) is 72.2 Å². The standard InChI is InChI=1S/C14H14ClFN2O2S/c1-9-6-11(16)3-5-14(9)18-21(19,20)12-4-2-10(8-17)13(15)7-12/h2-7,18H,8,17H2,1H3. The van der Waals surface area contributed by atoms with Gasteiger partial charge in [-0.15, -0.1) is 0 Å². The van der Waals surface area contributed by atoms with Crippen LogP contribution in [-0.4, -0.2) is 8.42 Å². The third kappa shape index (κ3) is 3.53. The van der Waals surface area contributed by atoms with Crippen molar-refractivity contribution < 1.29 is 12.8 Å². The molecule has 0 aromatic heterocycles. The average molecular weight is 329 g/mol. The zero-order valence-corrected chi connectivity index (χ0v) is 12.8.